The van der Waals surface area contributed by atoms with Gasteiger partial charge in [0.05, 0.1) is 16.7 Å². The van der Waals surface area contributed by atoms with Crippen LogP contribution in [0.15, 0.2) is 53.4 Å². The first-order chi connectivity index (χ1) is 14.8. The number of thioether (sulfide) groups is 1. The Morgan fingerprint density at radius 3 is 2.29 bits per heavy atom. The fraction of sp³-hybridized carbons (Fsp3) is 0.333. The fourth-order valence-corrected chi connectivity index (χ4v) is 4.17. The molecule has 164 valence electrons. The van der Waals surface area contributed by atoms with Crippen molar-refractivity contribution < 1.29 is 18.9 Å². The van der Waals surface area contributed by atoms with E-state index in [1.807, 2.05) is 11.8 Å². The van der Waals surface area contributed by atoms with Crippen LogP contribution < -0.4 is 5.32 Å². The van der Waals surface area contributed by atoms with E-state index in [0.29, 0.717) is 31.9 Å². The van der Waals surface area contributed by atoms with Crippen molar-refractivity contribution in [2.75, 3.05) is 38.0 Å². The molecule has 0 saturated carbocycles. The number of amides is 2. The first-order valence-electron chi connectivity index (χ1n) is 9.79. The Morgan fingerprint density at radius 1 is 1.10 bits per heavy atom. The Labute approximate surface area is 183 Å². The zero-order valence-electron chi connectivity index (χ0n) is 17.0. The summed E-state index contributed by atoms with van der Waals surface area (Å²) in [6.07, 6.45) is 0. The van der Waals surface area contributed by atoms with Gasteiger partial charge >= 0.3 is 0 Å². The molecule has 31 heavy (non-hydrogen) atoms. The molecule has 2 amide bonds. The minimum Gasteiger partial charge on any atom is -0.339 e. The Bertz CT molecular complexity index is 931. The summed E-state index contributed by atoms with van der Waals surface area (Å²) in [5.74, 6) is -0.549. The molecule has 2 aromatic rings. The van der Waals surface area contributed by atoms with Crippen molar-refractivity contribution in [1.82, 2.24) is 9.80 Å². The Morgan fingerprint density at radius 2 is 1.71 bits per heavy atom. The van der Waals surface area contributed by atoms with Crippen LogP contribution in [0.4, 0.5) is 15.8 Å². The van der Waals surface area contributed by atoms with Gasteiger partial charge in [0.2, 0.25) is 11.8 Å². The summed E-state index contributed by atoms with van der Waals surface area (Å²) in [7, 11) is 0. The summed E-state index contributed by atoms with van der Waals surface area (Å²) < 4.78 is 12.9. The summed E-state index contributed by atoms with van der Waals surface area (Å²) in [5, 5.41) is 13.2. The number of rotatable bonds is 7. The van der Waals surface area contributed by atoms with E-state index < -0.39 is 4.92 Å². The van der Waals surface area contributed by atoms with Crippen molar-refractivity contribution in [3.05, 3.63) is 64.5 Å². The number of nitro groups is 1. The van der Waals surface area contributed by atoms with Crippen LogP contribution in [0.5, 0.6) is 0 Å². The summed E-state index contributed by atoms with van der Waals surface area (Å²) in [4.78, 5) is 39.8. The fourth-order valence-electron chi connectivity index (χ4n) is 3.22. The van der Waals surface area contributed by atoms with Crippen molar-refractivity contribution >= 4 is 35.0 Å². The van der Waals surface area contributed by atoms with Crippen LogP contribution in [0.2, 0.25) is 0 Å². The lowest BCUT2D eigenvalue weighted by Crippen LogP contribution is -2.52. The van der Waals surface area contributed by atoms with E-state index >= 15 is 0 Å². The standard InChI is InChI=1S/C21H23FN4O4S/c1-15(31-19-8-6-18(7-9-19)26(29)30)21(28)25-12-10-24(11-13-25)14-20(27)23-17-4-2-16(22)3-5-17/h2-9,15H,10-14H2,1H3,(H,23,27). The van der Waals surface area contributed by atoms with Crippen LogP contribution in [0.1, 0.15) is 6.92 Å². The highest BCUT2D eigenvalue weighted by Gasteiger charge is 2.26. The molecule has 1 aliphatic rings. The van der Waals surface area contributed by atoms with Gasteiger partial charge in [-0.2, -0.15) is 0 Å². The van der Waals surface area contributed by atoms with Crippen LogP contribution in [0, 0.1) is 15.9 Å². The number of anilines is 1. The third-order valence-electron chi connectivity index (χ3n) is 4.89. The molecule has 0 aliphatic carbocycles. The molecule has 1 unspecified atom stereocenters. The van der Waals surface area contributed by atoms with Gasteiger partial charge < -0.3 is 10.2 Å². The number of carbonyl (C=O) groups is 2. The molecule has 1 N–H and O–H groups in total. The molecule has 10 heteroatoms. The van der Waals surface area contributed by atoms with Crippen molar-refractivity contribution in [3.63, 3.8) is 0 Å². The lowest BCUT2D eigenvalue weighted by Gasteiger charge is -2.35. The van der Waals surface area contributed by atoms with Gasteiger partial charge in [-0.1, -0.05) is 0 Å². The topological polar surface area (TPSA) is 95.8 Å². The van der Waals surface area contributed by atoms with E-state index in [4.69, 9.17) is 0 Å². The van der Waals surface area contributed by atoms with Gasteiger partial charge in [-0.15, -0.1) is 11.8 Å². The molecular formula is C21H23FN4O4S. The quantitative estimate of drug-likeness (QED) is 0.399. The summed E-state index contributed by atoms with van der Waals surface area (Å²) in [6, 6.07) is 11.7. The predicted octanol–water partition coefficient (Wildman–Crippen LogP) is 3.00. The van der Waals surface area contributed by atoms with Crippen molar-refractivity contribution in [1.29, 1.82) is 0 Å². The van der Waals surface area contributed by atoms with E-state index in [1.165, 1.54) is 48.2 Å². The Balaban J connectivity index is 1.43. The van der Waals surface area contributed by atoms with Crippen molar-refractivity contribution in [2.24, 2.45) is 0 Å². The van der Waals surface area contributed by atoms with Gasteiger partial charge in [-0.05, 0) is 43.3 Å². The molecule has 0 aromatic heterocycles. The first-order valence-corrected chi connectivity index (χ1v) is 10.7. The smallest absolute Gasteiger partial charge is 0.269 e. The molecule has 1 aliphatic heterocycles. The predicted molar refractivity (Wildman–Crippen MR) is 116 cm³/mol. The second-order valence-corrected chi connectivity index (χ2v) is 8.58. The van der Waals surface area contributed by atoms with Crippen LogP contribution in [0.3, 0.4) is 0 Å². The molecule has 3 rings (SSSR count). The van der Waals surface area contributed by atoms with E-state index in [2.05, 4.69) is 5.32 Å². The van der Waals surface area contributed by atoms with Crippen molar-refractivity contribution in [3.8, 4) is 0 Å². The number of non-ortho nitro benzene ring substituents is 1. The number of piperazine rings is 1. The van der Waals surface area contributed by atoms with Gasteiger partial charge in [0.15, 0.2) is 0 Å². The van der Waals surface area contributed by atoms with Gasteiger partial charge in [0, 0.05) is 48.9 Å². The zero-order valence-corrected chi connectivity index (χ0v) is 17.8. The largest absolute Gasteiger partial charge is 0.339 e. The van der Waals surface area contributed by atoms with Crippen LogP contribution >= 0.6 is 11.8 Å². The van der Waals surface area contributed by atoms with E-state index in [1.54, 1.807) is 17.0 Å². The third-order valence-corrected chi connectivity index (χ3v) is 5.99. The Hall–Kier alpha value is -2.98. The number of carbonyl (C=O) groups excluding carboxylic acids is 2. The van der Waals surface area contributed by atoms with E-state index in [0.717, 1.165) is 4.90 Å². The van der Waals surface area contributed by atoms with Gasteiger partial charge in [0.1, 0.15) is 5.82 Å². The maximum absolute atomic E-state index is 12.9. The summed E-state index contributed by atoms with van der Waals surface area (Å²) >= 11 is 1.36. The Kier molecular flexibility index (Phi) is 7.59. The minimum absolute atomic E-state index is 0.00114. The number of nitro benzene ring substituents is 1. The van der Waals surface area contributed by atoms with Gasteiger partial charge in [-0.3, -0.25) is 24.6 Å². The number of halogens is 1. The second-order valence-electron chi connectivity index (χ2n) is 7.17. The summed E-state index contributed by atoms with van der Waals surface area (Å²) in [5.41, 5.74) is 0.556. The SMILES string of the molecule is CC(Sc1ccc([N+](=O)[O-])cc1)C(=O)N1CCN(CC(=O)Nc2ccc(F)cc2)CC1. The highest BCUT2D eigenvalue weighted by molar-refractivity contribution is 8.00. The third kappa shape index (κ3) is 6.50. The van der Waals surface area contributed by atoms with Crippen LogP contribution in [-0.2, 0) is 9.59 Å². The highest BCUT2D eigenvalue weighted by atomic mass is 32.2. The second kappa shape index (κ2) is 10.4. The molecular weight excluding hydrogens is 423 g/mol. The average Bonchev–Trinajstić information content (AvgIpc) is 2.75. The number of benzene rings is 2. The minimum atomic E-state index is -0.456. The van der Waals surface area contributed by atoms with E-state index in [-0.39, 0.29) is 35.1 Å². The van der Waals surface area contributed by atoms with Crippen LogP contribution in [0.25, 0.3) is 0 Å². The zero-order chi connectivity index (χ0) is 22.4. The number of nitrogens with zero attached hydrogens (tertiary/aromatic N) is 3. The van der Waals surface area contributed by atoms with Crippen molar-refractivity contribution in [2.45, 2.75) is 17.1 Å². The molecule has 1 saturated heterocycles. The summed E-state index contributed by atoms with van der Waals surface area (Å²) in [6.45, 7) is 4.22. The highest BCUT2D eigenvalue weighted by Crippen LogP contribution is 2.26. The lowest BCUT2D eigenvalue weighted by molar-refractivity contribution is -0.384. The maximum atomic E-state index is 12.9. The number of hydrogen-bond donors (Lipinski definition) is 1. The molecule has 1 atom stereocenters. The van der Waals surface area contributed by atoms with Crippen LogP contribution in [-0.4, -0.2) is 64.5 Å². The molecule has 0 bridgehead atoms. The molecule has 0 radical (unpaired) electrons. The molecule has 8 nitrogen and oxygen atoms in total. The maximum Gasteiger partial charge on any atom is 0.269 e. The number of hydrogen-bond acceptors (Lipinski definition) is 6. The molecule has 2 aromatic carbocycles. The number of nitrogens with one attached hydrogen (secondary N) is 1. The lowest BCUT2D eigenvalue weighted by atomic mass is 10.2. The van der Waals surface area contributed by atoms with E-state index in [9.17, 15) is 24.1 Å². The monoisotopic (exact) mass is 446 g/mol. The van der Waals surface area contributed by atoms with Gasteiger partial charge in [-0.25, -0.2) is 4.39 Å². The normalized spacial score (nSPS) is 15.4. The average molecular weight is 447 g/mol. The molecule has 1 heterocycles. The molecule has 1 fully saturated rings. The first kappa shape index (κ1) is 22.7. The molecule has 0 spiro atoms. The van der Waals surface area contributed by atoms with Gasteiger partial charge in [0.25, 0.3) is 5.69 Å².